The third-order valence-electron chi connectivity index (χ3n) is 3.69. The Morgan fingerprint density at radius 3 is 2.86 bits per heavy atom. The number of methoxy groups -OCH3 is 1. The smallest absolute Gasteiger partial charge is 0.262 e. The van der Waals surface area contributed by atoms with Crippen LogP contribution >= 0.6 is 0 Å². The van der Waals surface area contributed by atoms with Crippen molar-refractivity contribution in [3.05, 3.63) is 36.5 Å². The molecular weight excluding hydrogens is 292 g/mol. The second-order valence-corrected chi connectivity index (χ2v) is 7.07. The van der Waals surface area contributed by atoms with Gasteiger partial charge in [-0.05, 0) is 12.1 Å². The second kappa shape index (κ2) is 5.28. The zero-order chi connectivity index (χ0) is 15.0. The third kappa shape index (κ3) is 2.61. The number of fused-ring (bicyclic) bond motifs is 1. The highest BCUT2D eigenvalue weighted by atomic mass is 32.2. The largest absolute Gasteiger partial charge is 0.378 e. The Labute approximate surface area is 123 Å². The molecule has 0 aromatic carbocycles. The van der Waals surface area contributed by atoms with Crippen molar-refractivity contribution in [2.24, 2.45) is 7.05 Å². The van der Waals surface area contributed by atoms with Crippen LogP contribution in [0.5, 0.6) is 0 Å². The molecule has 7 nitrogen and oxygen atoms in total. The topological polar surface area (TPSA) is 69.4 Å². The minimum atomic E-state index is -3.62. The van der Waals surface area contributed by atoms with Crippen LogP contribution in [0.25, 0.3) is 0 Å². The van der Waals surface area contributed by atoms with Crippen LogP contribution in [-0.4, -0.2) is 46.6 Å². The first-order chi connectivity index (χ1) is 10.0. The molecule has 1 atom stereocenters. The molecule has 0 fully saturated rings. The van der Waals surface area contributed by atoms with E-state index >= 15 is 0 Å². The summed E-state index contributed by atoms with van der Waals surface area (Å²) >= 11 is 0. The molecule has 8 heteroatoms. The van der Waals surface area contributed by atoms with Crippen LogP contribution in [-0.2, 0) is 34.9 Å². The first-order valence-electron chi connectivity index (χ1n) is 6.65. The number of sulfonamides is 1. The number of ether oxygens (including phenoxy) is 1. The van der Waals surface area contributed by atoms with Gasteiger partial charge in [0.25, 0.3) is 10.0 Å². The second-order valence-electron chi connectivity index (χ2n) is 5.18. The molecule has 0 amide bonds. The molecule has 2 aromatic rings. The lowest BCUT2D eigenvalue weighted by atomic mass is 10.3. The summed E-state index contributed by atoms with van der Waals surface area (Å²) in [6.45, 7) is 1.29. The van der Waals surface area contributed by atoms with Crippen molar-refractivity contribution >= 4 is 10.0 Å². The van der Waals surface area contributed by atoms with Crippen molar-refractivity contribution in [3.63, 3.8) is 0 Å². The summed E-state index contributed by atoms with van der Waals surface area (Å²) in [7, 11) is -0.271. The van der Waals surface area contributed by atoms with Crippen LogP contribution in [0.3, 0.4) is 0 Å². The van der Waals surface area contributed by atoms with Gasteiger partial charge < -0.3 is 13.9 Å². The first-order valence-corrected chi connectivity index (χ1v) is 8.09. The van der Waals surface area contributed by atoms with Crippen LogP contribution < -0.4 is 0 Å². The Morgan fingerprint density at radius 2 is 2.19 bits per heavy atom. The van der Waals surface area contributed by atoms with E-state index in [9.17, 15) is 8.42 Å². The molecule has 114 valence electrons. The van der Waals surface area contributed by atoms with Crippen molar-refractivity contribution < 1.29 is 13.2 Å². The summed E-state index contributed by atoms with van der Waals surface area (Å²) < 4.78 is 36.0. The monoisotopic (exact) mass is 310 g/mol. The van der Waals surface area contributed by atoms with Crippen LogP contribution in [0, 0.1) is 0 Å². The molecule has 0 N–H and O–H groups in total. The maximum atomic E-state index is 12.7. The van der Waals surface area contributed by atoms with Gasteiger partial charge in [0.2, 0.25) is 0 Å². The van der Waals surface area contributed by atoms with E-state index in [0.29, 0.717) is 19.6 Å². The molecule has 0 radical (unpaired) electrons. The van der Waals surface area contributed by atoms with E-state index in [1.807, 2.05) is 22.9 Å². The normalized spacial score (nSPS) is 20.2. The molecule has 1 aliphatic heterocycles. The van der Waals surface area contributed by atoms with Gasteiger partial charge in [0, 0.05) is 45.3 Å². The molecule has 0 spiro atoms. The summed E-state index contributed by atoms with van der Waals surface area (Å²) in [6.07, 6.45) is 4.76. The third-order valence-corrected chi connectivity index (χ3v) is 5.39. The number of aryl methyl sites for hydroxylation is 1. The molecule has 21 heavy (non-hydrogen) atoms. The average molecular weight is 310 g/mol. The Balaban J connectivity index is 1.97. The average Bonchev–Trinajstić information content (AvgIpc) is 3.03. The predicted molar refractivity (Wildman–Crippen MR) is 76.0 cm³/mol. The van der Waals surface area contributed by atoms with Gasteiger partial charge in [-0.2, -0.15) is 4.31 Å². The standard InChI is InChI=1S/C13H18N4O3S/c1-15-9-13(14-10-15)21(18,19)17-6-11-4-3-5-16(11)7-12(8-17)20-2/h3-5,9-10,12H,6-8H2,1-2H3. The van der Waals surface area contributed by atoms with Crippen molar-refractivity contribution in [3.8, 4) is 0 Å². The van der Waals surface area contributed by atoms with E-state index in [1.165, 1.54) is 16.8 Å². The van der Waals surface area contributed by atoms with E-state index in [4.69, 9.17) is 4.74 Å². The molecule has 0 saturated heterocycles. The van der Waals surface area contributed by atoms with Gasteiger partial charge in [-0.15, -0.1) is 0 Å². The fraction of sp³-hybridized carbons (Fsp3) is 0.462. The van der Waals surface area contributed by atoms with E-state index in [2.05, 4.69) is 4.98 Å². The Morgan fingerprint density at radius 1 is 1.38 bits per heavy atom. The summed E-state index contributed by atoms with van der Waals surface area (Å²) in [5.74, 6) is 0. The van der Waals surface area contributed by atoms with Crippen LogP contribution in [0.1, 0.15) is 5.69 Å². The van der Waals surface area contributed by atoms with Crippen molar-refractivity contribution in [2.45, 2.75) is 24.2 Å². The molecule has 2 aromatic heterocycles. The number of rotatable bonds is 3. The molecule has 0 bridgehead atoms. The van der Waals surface area contributed by atoms with Gasteiger partial charge in [0.15, 0.2) is 5.03 Å². The summed E-state index contributed by atoms with van der Waals surface area (Å²) in [4.78, 5) is 3.97. The fourth-order valence-corrected chi connectivity index (χ4v) is 3.92. The van der Waals surface area contributed by atoms with E-state index in [1.54, 1.807) is 18.7 Å². The van der Waals surface area contributed by atoms with Crippen LogP contribution in [0.4, 0.5) is 0 Å². The Hall–Kier alpha value is -1.64. The maximum absolute atomic E-state index is 12.7. The molecule has 0 aliphatic carbocycles. The molecule has 3 heterocycles. The van der Waals surface area contributed by atoms with Crippen LogP contribution in [0.15, 0.2) is 35.9 Å². The zero-order valence-corrected chi connectivity index (χ0v) is 12.8. The highest BCUT2D eigenvalue weighted by Crippen LogP contribution is 2.21. The summed E-state index contributed by atoms with van der Waals surface area (Å²) in [5.41, 5.74) is 0.953. The molecular formula is C13H18N4O3S. The highest BCUT2D eigenvalue weighted by Gasteiger charge is 2.32. The summed E-state index contributed by atoms with van der Waals surface area (Å²) in [6, 6.07) is 3.85. The van der Waals surface area contributed by atoms with E-state index < -0.39 is 10.0 Å². The Kier molecular flexibility index (Phi) is 3.60. The lowest BCUT2D eigenvalue weighted by Crippen LogP contribution is -2.37. The minimum absolute atomic E-state index is 0.0693. The lowest BCUT2D eigenvalue weighted by molar-refractivity contribution is 0.0770. The van der Waals surface area contributed by atoms with Crippen molar-refractivity contribution in [2.75, 3.05) is 13.7 Å². The summed E-state index contributed by atoms with van der Waals surface area (Å²) in [5, 5.41) is 0.0693. The maximum Gasteiger partial charge on any atom is 0.262 e. The molecule has 1 aliphatic rings. The first kappa shape index (κ1) is 14.3. The van der Waals surface area contributed by atoms with Gasteiger partial charge in [-0.3, -0.25) is 0 Å². The quantitative estimate of drug-likeness (QED) is 0.825. The number of hydrogen-bond donors (Lipinski definition) is 0. The van der Waals surface area contributed by atoms with Gasteiger partial charge >= 0.3 is 0 Å². The number of imidazole rings is 1. The van der Waals surface area contributed by atoms with Crippen LogP contribution in [0.2, 0.25) is 0 Å². The van der Waals surface area contributed by atoms with Gasteiger partial charge in [0.05, 0.1) is 19.0 Å². The lowest BCUT2D eigenvalue weighted by Gasteiger charge is -2.21. The highest BCUT2D eigenvalue weighted by molar-refractivity contribution is 7.89. The molecule has 1 unspecified atom stereocenters. The SMILES string of the molecule is COC1CN(S(=O)(=O)c2cn(C)cn2)Cc2cccn2C1. The van der Waals surface area contributed by atoms with E-state index in [-0.39, 0.29) is 11.1 Å². The van der Waals surface area contributed by atoms with Crippen molar-refractivity contribution in [1.29, 1.82) is 0 Å². The number of nitrogens with zero attached hydrogens (tertiary/aromatic N) is 4. The molecule has 0 saturated carbocycles. The minimum Gasteiger partial charge on any atom is -0.378 e. The van der Waals surface area contributed by atoms with Crippen molar-refractivity contribution in [1.82, 2.24) is 18.4 Å². The van der Waals surface area contributed by atoms with Gasteiger partial charge in [-0.25, -0.2) is 13.4 Å². The van der Waals surface area contributed by atoms with Gasteiger partial charge in [0.1, 0.15) is 0 Å². The van der Waals surface area contributed by atoms with Gasteiger partial charge in [-0.1, -0.05) is 0 Å². The number of aromatic nitrogens is 3. The fourth-order valence-electron chi connectivity index (χ4n) is 2.51. The number of hydrogen-bond acceptors (Lipinski definition) is 4. The van der Waals surface area contributed by atoms with E-state index in [0.717, 1.165) is 5.69 Å². The predicted octanol–water partition coefficient (Wildman–Crippen LogP) is 0.441. The Bertz CT molecular complexity index is 734. The molecule has 3 rings (SSSR count). The zero-order valence-electron chi connectivity index (χ0n) is 12.0.